The zero-order chi connectivity index (χ0) is 9.54. The van der Waals surface area contributed by atoms with E-state index in [9.17, 15) is 4.79 Å². The molecular formula is C9H7N3O2. The summed E-state index contributed by atoms with van der Waals surface area (Å²) in [6.45, 7) is 0.632. The fourth-order valence-electron chi connectivity index (χ4n) is 1.54. The van der Waals surface area contributed by atoms with Crippen molar-refractivity contribution in [1.82, 2.24) is 14.4 Å². The van der Waals surface area contributed by atoms with Crippen LogP contribution in [0, 0.1) is 0 Å². The van der Waals surface area contributed by atoms with Crippen molar-refractivity contribution in [2.24, 2.45) is 0 Å². The van der Waals surface area contributed by atoms with Crippen LogP contribution in [0.25, 0.3) is 5.78 Å². The molecule has 3 rings (SSSR count). The van der Waals surface area contributed by atoms with E-state index < -0.39 is 0 Å². The second kappa shape index (κ2) is 2.54. The first-order chi connectivity index (χ1) is 6.84. The van der Waals surface area contributed by atoms with E-state index in [0.29, 0.717) is 18.3 Å². The number of ether oxygens (including phenoxy) is 1. The van der Waals surface area contributed by atoms with Crippen molar-refractivity contribution in [2.75, 3.05) is 6.61 Å². The Hall–Kier alpha value is -1.91. The quantitative estimate of drug-likeness (QED) is 0.586. The van der Waals surface area contributed by atoms with Gasteiger partial charge in [0.15, 0.2) is 0 Å². The second-order valence-electron chi connectivity index (χ2n) is 3.12. The Morgan fingerprint density at radius 3 is 3.36 bits per heavy atom. The number of rotatable bonds is 0. The maximum absolute atomic E-state index is 11.4. The van der Waals surface area contributed by atoms with E-state index in [-0.39, 0.29) is 5.56 Å². The highest BCUT2D eigenvalue weighted by atomic mass is 16.5. The molecule has 0 spiro atoms. The standard InChI is InChI=1S/C9H7N3O2/c13-7-1-3-10-9-11-8-6(2-4-14-8)5-12(7)9/h1,3,5H,2,4H2. The van der Waals surface area contributed by atoms with Crippen LogP contribution < -0.4 is 10.3 Å². The molecule has 0 fully saturated rings. The van der Waals surface area contributed by atoms with E-state index in [2.05, 4.69) is 9.97 Å². The molecule has 0 aliphatic carbocycles. The number of hydrogen-bond acceptors (Lipinski definition) is 4. The SMILES string of the molecule is O=c1ccnc2nc3c(cn12)CCO3. The predicted octanol–water partition coefficient (Wildman–Crippen LogP) is 0.0244. The molecule has 1 aliphatic heterocycles. The average Bonchev–Trinajstić information content (AvgIpc) is 2.62. The Bertz CT molecular complexity index is 561. The highest BCUT2D eigenvalue weighted by Crippen LogP contribution is 2.21. The fraction of sp³-hybridized carbons (Fsp3) is 0.222. The van der Waals surface area contributed by atoms with Crippen LogP contribution >= 0.6 is 0 Å². The first kappa shape index (κ1) is 7.49. The van der Waals surface area contributed by atoms with Gasteiger partial charge in [-0.2, -0.15) is 4.98 Å². The van der Waals surface area contributed by atoms with Crippen LogP contribution in [0.4, 0.5) is 0 Å². The van der Waals surface area contributed by atoms with E-state index in [4.69, 9.17) is 4.74 Å². The summed E-state index contributed by atoms with van der Waals surface area (Å²) < 4.78 is 6.72. The van der Waals surface area contributed by atoms with Crippen molar-refractivity contribution in [3.8, 4) is 5.88 Å². The molecule has 0 bridgehead atoms. The lowest BCUT2D eigenvalue weighted by Crippen LogP contribution is -2.14. The molecule has 1 aliphatic rings. The van der Waals surface area contributed by atoms with Crippen LogP contribution in [0.3, 0.4) is 0 Å². The molecule has 5 nitrogen and oxygen atoms in total. The van der Waals surface area contributed by atoms with E-state index in [1.165, 1.54) is 16.7 Å². The summed E-state index contributed by atoms with van der Waals surface area (Å²) in [4.78, 5) is 19.6. The van der Waals surface area contributed by atoms with Gasteiger partial charge in [0.2, 0.25) is 11.7 Å². The molecule has 2 aromatic rings. The summed E-state index contributed by atoms with van der Waals surface area (Å²) in [5, 5.41) is 0. The van der Waals surface area contributed by atoms with Crippen LogP contribution in [0.15, 0.2) is 23.3 Å². The van der Waals surface area contributed by atoms with Gasteiger partial charge in [-0.25, -0.2) is 4.98 Å². The van der Waals surface area contributed by atoms with Gasteiger partial charge in [-0.3, -0.25) is 9.20 Å². The number of aromatic nitrogens is 3. The van der Waals surface area contributed by atoms with Gasteiger partial charge in [0.25, 0.3) is 5.56 Å². The van der Waals surface area contributed by atoms with Crippen LogP contribution in [0.2, 0.25) is 0 Å². The van der Waals surface area contributed by atoms with Gasteiger partial charge in [-0.15, -0.1) is 0 Å². The summed E-state index contributed by atoms with van der Waals surface area (Å²) in [5.74, 6) is 0.987. The van der Waals surface area contributed by atoms with Gasteiger partial charge in [-0.05, 0) is 0 Å². The lowest BCUT2D eigenvalue weighted by atomic mass is 10.3. The van der Waals surface area contributed by atoms with Crippen molar-refractivity contribution >= 4 is 5.78 Å². The van der Waals surface area contributed by atoms with Crippen LogP contribution in [0.1, 0.15) is 5.56 Å². The van der Waals surface area contributed by atoms with Crippen molar-refractivity contribution in [2.45, 2.75) is 6.42 Å². The first-order valence-electron chi connectivity index (χ1n) is 4.35. The zero-order valence-corrected chi connectivity index (χ0v) is 7.30. The van der Waals surface area contributed by atoms with E-state index >= 15 is 0 Å². The molecule has 0 saturated carbocycles. The van der Waals surface area contributed by atoms with Gasteiger partial charge in [0.05, 0.1) is 6.61 Å². The third-order valence-electron chi connectivity index (χ3n) is 2.23. The molecule has 0 saturated heterocycles. The smallest absolute Gasteiger partial charge is 0.259 e. The van der Waals surface area contributed by atoms with Crippen molar-refractivity contribution in [3.05, 3.63) is 34.4 Å². The highest BCUT2D eigenvalue weighted by Gasteiger charge is 2.15. The Kier molecular flexibility index (Phi) is 1.36. The van der Waals surface area contributed by atoms with Gasteiger partial charge < -0.3 is 4.74 Å². The van der Waals surface area contributed by atoms with Gasteiger partial charge in [0, 0.05) is 30.4 Å². The third kappa shape index (κ3) is 0.921. The molecule has 0 amide bonds. The average molecular weight is 189 g/mol. The molecule has 14 heavy (non-hydrogen) atoms. The lowest BCUT2D eigenvalue weighted by molar-refractivity contribution is 0.345. The van der Waals surface area contributed by atoms with E-state index in [0.717, 1.165) is 12.0 Å². The number of hydrogen-bond donors (Lipinski definition) is 0. The molecular weight excluding hydrogens is 182 g/mol. The Morgan fingerprint density at radius 1 is 1.50 bits per heavy atom. The van der Waals surface area contributed by atoms with Gasteiger partial charge >= 0.3 is 0 Å². The van der Waals surface area contributed by atoms with Gasteiger partial charge in [0.1, 0.15) is 0 Å². The molecule has 0 N–H and O–H groups in total. The van der Waals surface area contributed by atoms with Crippen LogP contribution in [0.5, 0.6) is 5.88 Å². The highest BCUT2D eigenvalue weighted by molar-refractivity contribution is 5.37. The molecule has 0 unspecified atom stereocenters. The topological polar surface area (TPSA) is 56.5 Å². The van der Waals surface area contributed by atoms with Gasteiger partial charge in [-0.1, -0.05) is 0 Å². The monoisotopic (exact) mass is 189 g/mol. The molecule has 0 radical (unpaired) electrons. The minimum absolute atomic E-state index is 0.114. The van der Waals surface area contributed by atoms with E-state index in [1.54, 1.807) is 6.20 Å². The molecule has 0 aromatic carbocycles. The Balaban J connectivity index is 2.45. The Labute approximate surface area is 79.0 Å². The summed E-state index contributed by atoms with van der Waals surface area (Å²) in [6.07, 6.45) is 4.01. The summed E-state index contributed by atoms with van der Waals surface area (Å²) in [5.41, 5.74) is 0.852. The lowest BCUT2D eigenvalue weighted by Gasteiger charge is -2.00. The molecule has 3 heterocycles. The minimum Gasteiger partial charge on any atom is -0.477 e. The zero-order valence-electron chi connectivity index (χ0n) is 7.30. The summed E-state index contributed by atoms with van der Waals surface area (Å²) >= 11 is 0. The molecule has 5 heteroatoms. The summed E-state index contributed by atoms with van der Waals surface area (Å²) in [7, 11) is 0. The molecule has 0 atom stereocenters. The van der Waals surface area contributed by atoms with Crippen molar-refractivity contribution in [3.63, 3.8) is 0 Å². The largest absolute Gasteiger partial charge is 0.477 e. The number of fused-ring (bicyclic) bond motifs is 2. The van der Waals surface area contributed by atoms with Crippen LogP contribution in [-0.4, -0.2) is 21.0 Å². The maximum atomic E-state index is 11.4. The predicted molar refractivity (Wildman–Crippen MR) is 48.5 cm³/mol. The molecule has 2 aromatic heterocycles. The van der Waals surface area contributed by atoms with Crippen molar-refractivity contribution in [1.29, 1.82) is 0 Å². The Morgan fingerprint density at radius 2 is 2.43 bits per heavy atom. The van der Waals surface area contributed by atoms with Crippen LogP contribution in [-0.2, 0) is 6.42 Å². The van der Waals surface area contributed by atoms with E-state index in [1.807, 2.05) is 0 Å². The normalized spacial score (nSPS) is 14.0. The second-order valence-corrected chi connectivity index (χ2v) is 3.12. The summed E-state index contributed by atoms with van der Waals surface area (Å²) in [6, 6.07) is 1.41. The fourth-order valence-corrected chi connectivity index (χ4v) is 1.54. The third-order valence-corrected chi connectivity index (χ3v) is 2.23. The molecule has 70 valence electrons. The first-order valence-corrected chi connectivity index (χ1v) is 4.35. The van der Waals surface area contributed by atoms with Crippen molar-refractivity contribution < 1.29 is 4.74 Å². The maximum Gasteiger partial charge on any atom is 0.259 e. The minimum atomic E-state index is -0.114. The number of nitrogens with zero attached hydrogens (tertiary/aromatic N) is 3.